The number of carbonyl (C=O) groups excluding carboxylic acids is 1. The average Bonchev–Trinajstić information content (AvgIpc) is 3.21. The monoisotopic (exact) mass is 428 g/mol. The maximum Gasteiger partial charge on any atom is 0.272 e. The molecule has 0 aromatic heterocycles. The van der Waals surface area contributed by atoms with Crippen LogP contribution >= 0.6 is 0 Å². The molecule has 1 amide bonds. The first-order valence-electron chi connectivity index (χ1n) is 10.5. The smallest absolute Gasteiger partial charge is 0.272 e. The van der Waals surface area contributed by atoms with Crippen LogP contribution in [0, 0.1) is 15.9 Å². The van der Waals surface area contributed by atoms with Crippen LogP contribution < -0.4 is 0 Å². The number of nitro benzene ring substituents is 1. The lowest BCUT2D eigenvalue weighted by Crippen LogP contribution is -2.54. The number of hydrogen-bond donors (Lipinski definition) is 0. The number of nitro groups is 1. The Balaban J connectivity index is 1.50. The van der Waals surface area contributed by atoms with Crippen LogP contribution in [0.1, 0.15) is 30.4 Å². The molecule has 31 heavy (non-hydrogen) atoms. The number of halogens is 1. The Hall–Kier alpha value is -2.84. The molecule has 0 bridgehead atoms. The molecule has 0 saturated carbocycles. The van der Waals surface area contributed by atoms with E-state index in [2.05, 4.69) is 0 Å². The van der Waals surface area contributed by atoms with E-state index in [1.807, 2.05) is 0 Å². The van der Waals surface area contributed by atoms with Crippen molar-refractivity contribution in [3.63, 3.8) is 0 Å². The maximum absolute atomic E-state index is 14.3. The highest BCUT2D eigenvalue weighted by atomic mass is 19.1. The highest BCUT2D eigenvalue weighted by molar-refractivity contribution is 5.77. The molecule has 0 radical (unpaired) electrons. The fraction of sp³-hybridized carbons (Fsp3) is 0.435. The van der Waals surface area contributed by atoms with Gasteiger partial charge in [-0.05, 0) is 24.5 Å². The van der Waals surface area contributed by atoms with Crippen LogP contribution in [0.5, 0.6) is 0 Å². The predicted octanol–water partition coefficient (Wildman–Crippen LogP) is 3.64. The molecule has 0 aliphatic carbocycles. The van der Waals surface area contributed by atoms with Crippen LogP contribution in [-0.2, 0) is 27.1 Å². The molecule has 7 nitrogen and oxygen atoms in total. The van der Waals surface area contributed by atoms with Crippen molar-refractivity contribution in [3.05, 3.63) is 75.6 Å². The minimum absolute atomic E-state index is 0.0172. The van der Waals surface area contributed by atoms with Crippen molar-refractivity contribution in [2.75, 3.05) is 19.8 Å². The summed E-state index contributed by atoms with van der Waals surface area (Å²) >= 11 is 0. The maximum atomic E-state index is 14.3. The van der Waals surface area contributed by atoms with Gasteiger partial charge in [0.1, 0.15) is 5.82 Å². The minimum atomic E-state index is -0.717. The second-order valence-electron chi connectivity index (χ2n) is 7.98. The van der Waals surface area contributed by atoms with E-state index in [9.17, 15) is 19.3 Å². The summed E-state index contributed by atoms with van der Waals surface area (Å²) < 4.78 is 26.0. The summed E-state index contributed by atoms with van der Waals surface area (Å²) in [5.41, 5.74) is 1.09. The third-order valence-electron chi connectivity index (χ3n) is 6.06. The number of likely N-dealkylation sites (tertiary alicyclic amines) is 1. The summed E-state index contributed by atoms with van der Waals surface area (Å²) in [4.78, 5) is 25.7. The van der Waals surface area contributed by atoms with Gasteiger partial charge in [-0.2, -0.15) is 0 Å². The van der Waals surface area contributed by atoms with Gasteiger partial charge in [0.15, 0.2) is 5.79 Å². The second kappa shape index (κ2) is 9.11. The summed E-state index contributed by atoms with van der Waals surface area (Å²) in [5, 5.41) is 11.2. The van der Waals surface area contributed by atoms with Crippen LogP contribution in [0.2, 0.25) is 0 Å². The molecule has 0 N–H and O–H groups in total. The Morgan fingerprint density at radius 2 is 1.81 bits per heavy atom. The molecular formula is C23H25FN2O5. The Morgan fingerprint density at radius 1 is 1.13 bits per heavy atom. The molecule has 8 heteroatoms. The van der Waals surface area contributed by atoms with E-state index in [1.54, 1.807) is 41.3 Å². The number of nitrogens with zero attached hydrogens (tertiary/aromatic N) is 2. The molecule has 1 atom stereocenters. The van der Waals surface area contributed by atoms with E-state index in [-0.39, 0.29) is 36.3 Å². The molecule has 4 rings (SSSR count). The molecule has 2 aliphatic heterocycles. The average molecular weight is 428 g/mol. The molecule has 2 aliphatic rings. The summed E-state index contributed by atoms with van der Waals surface area (Å²) in [5.74, 6) is -1.12. The van der Waals surface area contributed by atoms with E-state index in [0.717, 1.165) is 0 Å². The van der Waals surface area contributed by atoms with Gasteiger partial charge in [-0.3, -0.25) is 14.9 Å². The van der Waals surface area contributed by atoms with Crippen LogP contribution in [0.3, 0.4) is 0 Å². The fourth-order valence-electron chi connectivity index (χ4n) is 4.52. The van der Waals surface area contributed by atoms with E-state index in [1.165, 1.54) is 12.1 Å². The Labute approximate surface area is 179 Å². The third kappa shape index (κ3) is 4.75. The van der Waals surface area contributed by atoms with Crippen LogP contribution in [0.4, 0.5) is 10.1 Å². The minimum Gasteiger partial charge on any atom is -0.347 e. The summed E-state index contributed by atoms with van der Waals surface area (Å²) in [6.45, 7) is 1.46. The quantitative estimate of drug-likeness (QED) is 0.518. The van der Waals surface area contributed by atoms with Crippen LogP contribution in [-0.4, -0.2) is 47.3 Å². The number of hydrogen-bond acceptors (Lipinski definition) is 5. The summed E-state index contributed by atoms with van der Waals surface area (Å²) in [6.07, 6.45) is 1.80. The van der Waals surface area contributed by atoms with Crippen LogP contribution in [0.25, 0.3) is 0 Å². The number of benzene rings is 2. The van der Waals surface area contributed by atoms with Crippen molar-refractivity contribution < 1.29 is 23.6 Å². The molecule has 1 spiro atoms. The number of piperidine rings is 1. The third-order valence-corrected chi connectivity index (χ3v) is 6.06. The number of amides is 1. The van der Waals surface area contributed by atoms with Gasteiger partial charge in [0, 0.05) is 43.5 Å². The van der Waals surface area contributed by atoms with Crippen molar-refractivity contribution in [2.24, 2.45) is 0 Å². The summed E-state index contributed by atoms with van der Waals surface area (Å²) in [7, 11) is 0. The first-order chi connectivity index (χ1) is 15.0. The van der Waals surface area contributed by atoms with Gasteiger partial charge in [0.2, 0.25) is 5.91 Å². The standard InChI is InChI=1S/C23H25FN2O5/c24-20-7-3-1-6-18(20)15-19-16-23(30-13-14-31-23)11-12-25(19)22(27)10-9-17-5-2-4-8-21(17)26(28)29/h1-8,19H,9-16H2/t19-/m0/s1. The first-order valence-corrected chi connectivity index (χ1v) is 10.5. The SMILES string of the molecule is O=C(CCc1ccccc1[N+](=O)[O-])N1CCC2(C[C@@H]1Cc1ccccc1F)OCCO2. The Bertz CT molecular complexity index is 960. The molecule has 2 saturated heterocycles. The number of rotatable bonds is 6. The highest BCUT2D eigenvalue weighted by Crippen LogP contribution is 2.36. The molecular weight excluding hydrogens is 403 g/mol. The molecule has 0 unspecified atom stereocenters. The van der Waals surface area contributed by atoms with Gasteiger partial charge >= 0.3 is 0 Å². The van der Waals surface area contributed by atoms with Crippen molar-refractivity contribution in [2.45, 2.75) is 43.9 Å². The van der Waals surface area contributed by atoms with Gasteiger partial charge in [-0.1, -0.05) is 36.4 Å². The van der Waals surface area contributed by atoms with E-state index < -0.39 is 10.7 Å². The summed E-state index contributed by atoms with van der Waals surface area (Å²) in [6, 6.07) is 12.7. The largest absolute Gasteiger partial charge is 0.347 e. The van der Waals surface area contributed by atoms with Gasteiger partial charge in [-0.25, -0.2) is 4.39 Å². The highest BCUT2D eigenvalue weighted by Gasteiger charge is 2.45. The molecule has 2 aromatic rings. The first kappa shape index (κ1) is 21.4. The Kier molecular flexibility index (Phi) is 6.29. The lowest BCUT2D eigenvalue weighted by molar-refractivity contribution is -0.385. The van der Waals surface area contributed by atoms with Crippen molar-refractivity contribution in [1.29, 1.82) is 0 Å². The number of aryl methyl sites for hydroxylation is 1. The zero-order chi connectivity index (χ0) is 21.8. The van der Waals surface area contributed by atoms with Crippen LogP contribution in [0.15, 0.2) is 48.5 Å². The number of para-hydroxylation sites is 1. The number of carbonyl (C=O) groups is 1. The topological polar surface area (TPSA) is 81.9 Å². The zero-order valence-corrected chi connectivity index (χ0v) is 17.2. The second-order valence-corrected chi connectivity index (χ2v) is 7.98. The lowest BCUT2D eigenvalue weighted by atomic mass is 9.90. The predicted molar refractivity (Wildman–Crippen MR) is 111 cm³/mol. The van der Waals surface area contributed by atoms with E-state index in [0.29, 0.717) is 50.1 Å². The van der Waals surface area contributed by atoms with Gasteiger partial charge in [0.25, 0.3) is 5.69 Å². The normalized spacial score (nSPS) is 20.2. The molecule has 2 fully saturated rings. The van der Waals surface area contributed by atoms with Crippen molar-refractivity contribution >= 4 is 11.6 Å². The van der Waals surface area contributed by atoms with Crippen molar-refractivity contribution in [1.82, 2.24) is 4.90 Å². The van der Waals surface area contributed by atoms with Gasteiger partial charge in [0.05, 0.1) is 18.1 Å². The van der Waals surface area contributed by atoms with Gasteiger partial charge < -0.3 is 14.4 Å². The lowest BCUT2D eigenvalue weighted by Gasteiger charge is -2.43. The van der Waals surface area contributed by atoms with Crippen molar-refractivity contribution in [3.8, 4) is 0 Å². The van der Waals surface area contributed by atoms with Gasteiger partial charge in [-0.15, -0.1) is 0 Å². The molecule has 2 heterocycles. The molecule has 164 valence electrons. The van der Waals surface area contributed by atoms with E-state index >= 15 is 0 Å². The Morgan fingerprint density at radius 3 is 2.52 bits per heavy atom. The van der Waals surface area contributed by atoms with E-state index in [4.69, 9.17) is 9.47 Å². The number of ether oxygens (including phenoxy) is 2. The molecule has 2 aromatic carbocycles. The fourth-order valence-corrected chi connectivity index (χ4v) is 4.52. The zero-order valence-electron chi connectivity index (χ0n) is 17.2.